The van der Waals surface area contributed by atoms with E-state index in [9.17, 15) is 0 Å². The van der Waals surface area contributed by atoms with Gasteiger partial charge in [-0.05, 0) is 25.0 Å². The summed E-state index contributed by atoms with van der Waals surface area (Å²) in [7, 11) is 1.66. The van der Waals surface area contributed by atoms with Gasteiger partial charge in [0.05, 0.1) is 12.8 Å². The first-order chi connectivity index (χ1) is 9.78. The molecule has 1 saturated heterocycles. The van der Waals surface area contributed by atoms with Crippen molar-refractivity contribution in [3.8, 4) is 17.0 Å². The van der Waals surface area contributed by atoms with Crippen molar-refractivity contribution in [1.82, 2.24) is 9.97 Å². The molecule has 0 bridgehead atoms. The number of nitrogens with two attached hydrogens (primary N) is 1. The van der Waals surface area contributed by atoms with Gasteiger partial charge < -0.3 is 15.4 Å². The number of rotatable bonds is 3. The van der Waals surface area contributed by atoms with E-state index in [0.29, 0.717) is 11.8 Å². The molecule has 0 atom stereocenters. The van der Waals surface area contributed by atoms with Crippen LogP contribution in [-0.2, 0) is 0 Å². The lowest BCUT2D eigenvalue weighted by molar-refractivity contribution is 0.416. The predicted octanol–water partition coefficient (Wildman–Crippen LogP) is 2.33. The van der Waals surface area contributed by atoms with Crippen molar-refractivity contribution in [2.24, 2.45) is 0 Å². The molecule has 0 aliphatic carbocycles. The van der Waals surface area contributed by atoms with E-state index in [1.807, 2.05) is 24.3 Å². The number of nitrogen functional groups attached to an aromatic ring is 1. The Balaban J connectivity index is 2.04. The first kappa shape index (κ1) is 12.7. The van der Waals surface area contributed by atoms with Crippen molar-refractivity contribution in [3.05, 3.63) is 30.3 Å². The maximum atomic E-state index is 5.94. The van der Waals surface area contributed by atoms with Gasteiger partial charge in [-0.25, -0.2) is 4.98 Å². The molecule has 2 aromatic rings. The van der Waals surface area contributed by atoms with Crippen molar-refractivity contribution in [3.63, 3.8) is 0 Å². The van der Waals surface area contributed by atoms with Gasteiger partial charge in [-0.3, -0.25) is 0 Å². The predicted molar refractivity (Wildman–Crippen MR) is 79.9 cm³/mol. The number of para-hydroxylation sites is 1. The molecule has 0 spiro atoms. The van der Waals surface area contributed by atoms with Crippen LogP contribution in [0.3, 0.4) is 0 Å². The third-order valence-corrected chi connectivity index (χ3v) is 3.51. The van der Waals surface area contributed by atoms with Gasteiger partial charge in [0.15, 0.2) is 0 Å². The van der Waals surface area contributed by atoms with E-state index < -0.39 is 0 Å². The second-order valence-electron chi connectivity index (χ2n) is 4.87. The SMILES string of the molecule is COc1ccccc1-c1cc(N)nc(N2CCCC2)n1. The summed E-state index contributed by atoms with van der Waals surface area (Å²) in [6.07, 6.45) is 2.37. The highest BCUT2D eigenvalue weighted by molar-refractivity contribution is 5.70. The van der Waals surface area contributed by atoms with Crippen LogP contribution in [0.25, 0.3) is 11.3 Å². The van der Waals surface area contributed by atoms with Crippen LogP contribution in [0.5, 0.6) is 5.75 Å². The molecule has 0 amide bonds. The quantitative estimate of drug-likeness (QED) is 0.927. The Morgan fingerprint density at radius 1 is 1.15 bits per heavy atom. The largest absolute Gasteiger partial charge is 0.496 e. The Morgan fingerprint density at radius 3 is 2.65 bits per heavy atom. The molecule has 0 radical (unpaired) electrons. The molecule has 1 fully saturated rings. The molecule has 5 nitrogen and oxygen atoms in total. The normalized spacial score (nSPS) is 14.6. The third-order valence-electron chi connectivity index (χ3n) is 3.51. The maximum Gasteiger partial charge on any atom is 0.227 e. The lowest BCUT2D eigenvalue weighted by atomic mass is 10.1. The summed E-state index contributed by atoms with van der Waals surface area (Å²) in [4.78, 5) is 11.2. The summed E-state index contributed by atoms with van der Waals surface area (Å²) in [5.41, 5.74) is 7.67. The van der Waals surface area contributed by atoms with Gasteiger partial charge in [0.25, 0.3) is 0 Å². The second kappa shape index (κ2) is 5.36. The van der Waals surface area contributed by atoms with Crippen molar-refractivity contribution in [1.29, 1.82) is 0 Å². The molecule has 1 aromatic carbocycles. The second-order valence-corrected chi connectivity index (χ2v) is 4.87. The smallest absolute Gasteiger partial charge is 0.227 e. The molecule has 0 saturated carbocycles. The van der Waals surface area contributed by atoms with Crippen molar-refractivity contribution in [2.75, 3.05) is 30.8 Å². The Bertz CT molecular complexity index is 609. The number of ether oxygens (including phenoxy) is 1. The van der Waals surface area contributed by atoms with Crippen LogP contribution < -0.4 is 15.4 Å². The Hall–Kier alpha value is -2.30. The summed E-state index contributed by atoms with van der Waals surface area (Å²) in [5, 5.41) is 0. The highest BCUT2D eigenvalue weighted by Gasteiger charge is 2.17. The van der Waals surface area contributed by atoms with E-state index in [1.54, 1.807) is 13.2 Å². The van der Waals surface area contributed by atoms with Crippen molar-refractivity contribution < 1.29 is 4.74 Å². The number of anilines is 2. The summed E-state index contributed by atoms with van der Waals surface area (Å²) >= 11 is 0. The molecule has 2 N–H and O–H groups in total. The summed E-state index contributed by atoms with van der Waals surface area (Å²) in [6, 6.07) is 9.59. The minimum Gasteiger partial charge on any atom is -0.496 e. The number of hydrogen-bond acceptors (Lipinski definition) is 5. The van der Waals surface area contributed by atoms with E-state index in [1.165, 1.54) is 12.8 Å². The highest BCUT2D eigenvalue weighted by atomic mass is 16.5. The van der Waals surface area contributed by atoms with Crippen LogP contribution in [0.4, 0.5) is 11.8 Å². The zero-order valence-corrected chi connectivity index (χ0v) is 11.5. The molecule has 0 unspecified atom stereocenters. The Labute approximate surface area is 118 Å². The number of benzene rings is 1. The van der Waals surface area contributed by atoms with Crippen LogP contribution >= 0.6 is 0 Å². The van der Waals surface area contributed by atoms with Crippen LogP contribution in [0.2, 0.25) is 0 Å². The van der Waals surface area contributed by atoms with Crippen LogP contribution in [0.15, 0.2) is 30.3 Å². The number of nitrogens with zero attached hydrogens (tertiary/aromatic N) is 3. The molecular weight excluding hydrogens is 252 g/mol. The lowest BCUT2D eigenvalue weighted by Gasteiger charge is -2.17. The molecule has 1 aliphatic rings. The standard InChI is InChI=1S/C15H18N4O/c1-20-13-7-3-2-6-11(13)12-10-14(16)18-15(17-12)19-8-4-5-9-19/h2-3,6-7,10H,4-5,8-9H2,1H3,(H2,16,17,18). The summed E-state index contributed by atoms with van der Waals surface area (Å²) < 4.78 is 5.39. The average Bonchev–Trinajstić information content (AvgIpc) is 3.01. The fourth-order valence-corrected chi connectivity index (χ4v) is 2.51. The first-order valence-corrected chi connectivity index (χ1v) is 6.81. The summed E-state index contributed by atoms with van der Waals surface area (Å²) in [5.74, 6) is 1.99. The van der Waals surface area contributed by atoms with Gasteiger partial charge >= 0.3 is 0 Å². The number of aromatic nitrogens is 2. The number of hydrogen-bond donors (Lipinski definition) is 1. The minimum atomic E-state index is 0.489. The highest BCUT2D eigenvalue weighted by Crippen LogP contribution is 2.30. The Morgan fingerprint density at radius 2 is 1.90 bits per heavy atom. The molecule has 104 valence electrons. The van der Waals surface area contributed by atoms with Crippen molar-refractivity contribution >= 4 is 11.8 Å². The fourth-order valence-electron chi connectivity index (χ4n) is 2.51. The average molecular weight is 270 g/mol. The molecule has 20 heavy (non-hydrogen) atoms. The van der Waals surface area contributed by atoms with Crippen molar-refractivity contribution in [2.45, 2.75) is 12.8 Å². The van der Waals surface area contributed by atoms with Gasteiger partial charge in [0.1, 0.15) is 11.6 Å². The van der Waals surface area contributed by atoms with Crippen LogP contribution in [0, 0.1) is 0 Å². The molecule has 1 aliphatic heterocycles. The van der Waals surface area contributed by atoms with Crippen LogP contribution in [0.1, 0.15) is 12.8 Å². The molecule has 2 heterocycles. The minimum absolute atomic E-state index is 0.489. The van der Waals surface area contributed by atoms with Gasteiger partial charge in [-0.2, -0.15) is 4.98 Å². The number of methoxy groups -OCH3 is 1. The zero-order chi connectivity index (χ0) is 13.9. The van der Waals surface area contributed by atoms with Crippen LogP contribution in [-0.4, -0.2) is 30.2 Å². The summed E-state index contributed by atoms with van der Waals surface area (Å²) in [6.45, 7) is 1.99. The van der Waals surface area contributed by atoms with E-state index in [2.05, 4.69) is 14.9 Å². The van der Waals surface area contributed by atoms with E-state index in [-0.39, 0.29) is 0 Å². The topological polar surface area (TPSA) is 64.3 Å². The molecule has 1 aromatic heterocycles. The molecule has 5 heteroatoms. The van der Waals surface area contributed by atoms with E-state index in [4.69, 9.17) is 10.5 Å². The van der Waals surface area contributed by atoms with Gasteiger partial charge in [-0.15, -0.1) is 0 Å². The monoisotopic (exact) mass is 270 g/mol. The first-order valence-electron chi connectivity index (χ1n) is 6.81. The molecule has 3 rings (SSSR count). The Kier molecular flexibility index (Phi) is 3.41. The lowest BCUT2D eigenvalue weighted by Crippen LogP contribution is -2.21. The van der Waals surface area contributed by atoms with E-state index >= 15 is 0 Å². The van der Waals surface area contributed by atoms with Gasteiger partial charge in [0.2, 0.25) is 5.95 Å². The third kappa shape index (κ3) is 2.39. The van der Waals surface area contributed by atoms with E-state index in [0.717, 1.165) is 30.1 Å². The fraction of sp³-hybridized carbons (Fsp3) is 0.333. The zero-order valence-electron chi connectivity index (χ0n) is 11.5. The molecular formula is C15H18N4O. The van der Waals surface area contributed by atoms with Gasteiger partial charge in [-0.1, -0.05) is 12.1 Å². The van der Waals surface area contributed by atoms with Gasteiger partial charge in [0, 0.05) is 24.7 Å². The maximum absolute atomic E-state index is 5.94.